The van der Waals surface area contributed by atoms with Crippen molar-refractivity contribution in [2.45, 2.75) is 5.33 Å². The van der Waals surface area contributed by atoms with Crippen LogP contribution in [-0.4, -0.2) is 9.78 Å². The Morgan fingerprint density at radius 2 is 2.20 bits per heavy atom. The van der Waals surface area contributed by atoms with Crippen LogP contribution in [0.4, 0.5) is 0 Å². The summed E-state index contributed by atoms with van der Waals surface area (Å²) in [6.07, 6.45) is 3.83. The first-order valence-corrected chi connectivity index (χ1v) is 7.25. The van der Waals surface area contributed by atoms with E-state index in [4.69, 9.17) is 0 Å². The molecule has 2 aromatic rings. The lowest BCUT2D eigenvalue weighted by molar-refractivity contribution is 0.875. The number of halogens is 3. The van der Waals surface area contributed by atoms with E-state index in [1.165, 1.54) is 5.56 Å². The van der Waals surface area contributed by atoms with Crippen molar-refractivity contribution >= 4 is 54.5 Å². The summed E-state index contributed by atoms with van der Waals surface area (Å²) in [5.74, 6) is 0. The molecule has 2 rings (SSSR count). The van der Waals surface area contributed by atoms with Gasteiger partial charge >= 0.3 is 0 Å². The second-order valence-electron chi connectivity index (χ2n) is 3.02. The van der Waals surface area contributed by atoms with Gasteiger partial charge < -0.3 is 0 Å². The molecule has 78 valence electrons. The molecule has 0 aliphatic carbocycles. The Balaban J connectivity index is 2.45. The third-order valence-corrected chi connectivity index (χ3v) is 3.80. The highest BCUT2D eigenvalue weighted by molar-refractivity contribution is 14.1. The lowest BCUT2D eigenvalue weighted by atomic mass is 10.2. The second kappa shape index (κ2) is 4.97. The average Bonchev–Trinajstić information content (AvgIpc) is 2.64. The second-order valence-corrected chi connectivity index (χ2v) is 5.68. The van der Waals surface area contributed by atoms with E-state index in [1.807, 2.05) is 17.1 Å². The lowest BCUT2D eigenvalue weighted by Gasteiger charge is -2.05. The van der Waals surface area contributed by atoms with Gasteiger partial charge in [0.05, 0.1) is 15.5 Å². The van der Waals surface area contributed by atoms with E-state index in [2.05, 4.69) is 77.7 Å². The minimum Gasteiger partial charge on any atom is -0.239 e. The Kier molecular flexibility index (Phi) is 3.84. The van der Waals surface area contributed by atoms with E-state index in [1.54, 1.807) is 0 Å². The third kappa shape index (κ3) is 2.62. The predicted molar refractivity (Wildman–Crippen MR) is 76.6 cm³/mol. The molecule has 1 aromatic heterocycles. The van der Waals surface area contributed by atoms with Gasteiger partial charge in [0.2, 0.25) is 0 Å². The van der Waals surface area contributed by atoms with Crippen LogP contribution in [0, 0.1) is 3.57 Å². The van der Waals surface area contributed by atoms with Crippen molar-refractivity contribution in [2.75, 3.05) is 0 Å². The largest absolute Gasteiger partial charge is 0.239 e. The fourth-order valence-corrected chi connectivity index (χ4v) is 2.60. The highest BCUT2D eigenvalue weighted by Gasteiger charge is 2.04. The maximum absolute atomic E-state index is 4.27. The van der Waals surface area contributed by atoms with E-state index < -0.39 is 0 Å². The minimum absolute atomic E-state index is 0.864. The maximum atomic E-state index is 4.27. The number of alkyl halides is 1. The highest BCUT2D eigenvalue weighted by atomic mass is 127. The van der Waals surface area contributed by atoms with E-state index in [0.717, 1.165) is 19.1 Å². The monoisotopic (exact) mass is 440 g/mol. The Hall–Kier alpha value is 0.120. The van der Waals surface area contributed by atoms with Gasteiger partial charge in [0.1, 0.15) is 0 Å². The molecular weight excluding hydrogens is 435 g/mol. The molecule has 0 aliphatic heterocycles. The van der Waals surface area contributed by atoms with Gasteiger partial charge in [-0.3, -0.25) is 0 Å². The molecule has 0 spiro atoms. The van der Waals surface area contributed by atoms with Gasteiger partial charge in [-0.15, -0.1) is 0 Å². The Bertz CT molecular complexity index is 482. The third-order valence-electron chi connectivity index (χ3n) is 1.96. The van der Waals surface area contributed by atoms with Crippen LogP contribution in [0.2, 0.25) is 0 Å². The first-order valence-electron chi connectivity index (χ1n) is 4.25. The number of benzene rings is 1. The van der Waals surface area contributed by atoms with Crippen LogP contribution in [0.5, 0.6) is 0 Å². The molecule has 0 amide bonds. The van der Waals surface area contributed by atoms with Gasteiger partial charge in [-0.05, 0) is 56.2 Å². The molecule has 0 N–H and O–H groups in total. The van der Waals surface area contributed by atoms with Crippen LogP contribution < -0.4 is 0 Å². The Morgan fingerprint density at radius 1 is 1.40 bits per heavy atom. The molecule has 0 saturated heterocycles. The molecule has 0 atom stereocenters. The normalized spacial score (nSPS) is 10.6. The Morgan fingerprint density at radius 3 is 2.73 bits per heavy atom. The molecule has 0 bridgehead atoms. The fraction of sp³-hybridized carbons (Fsp3) is 0.100. The summed E-state index contributed by atoms with van der Waals surface area (Å²) >= 11 is 9.23. The number of hydrogen-bond donors (Lipinski definition) is 0. The van der Waals surface area contributed by atoms with Gasteiger partial charge in [-0.2, -0.15) is 5.10 Å². The summed E-state index contributed by atoms with van der Waals surface area (Å²) in [5.41, 5.74) is 2.30. The SMILES string of the molecule is BrCc1ccc(-n2cc(I)cn2)c(Br)c1. The predicted octanol–water partition coefficient (Wildman–Crippen LogP) is 4.13. The van der Waals surface area contributed by atoms with Gasteiger partial charge in [0, 0.05) is 16.0 Å². The molecule has 0 fully saturated rings. The van der Waals surface area contributed by atoms with Crippen LogP contribution in [0.15, 0.2) is 35.1 Å². The van der Waals surface area contributed by atoms with Crippen LogP contribution in [0.25, 0.3) is 5.69 Å². The van der Waals surface area contributed by atoms with E-state index >= 15 is 0 Å². The molecule has 0 radical (unpaired) electrons. The summed E-state index contributed by atoms with van der Waals surface area (Å²) in [6.45, 7) is 0. The standard InChI is InChI=1S/C10H7Br2IN2/c11-4-7-1-2-10(9(12)3-7)15-6-8(13)5-14-15/h1-3,5-6H,4H2. The topological polar surface area (TPSA) is 17.8 Å². The number of rotatable bonds is 2. The minimum atomic E-state index is 0.864. The molecule has 0 unspecified atom stereocenters. The van der Waals surface area contributed by atoms with Crippen molar-refractivity contribution in [1.82, 2.24) is 9.78 Å². The van der Waals surface area contributed by atoms with Crippen LogP contribution in [0.1, 0.15) is 5.56 Å². The quantitative estimate of drug-likeness (QED) is 0.506. The smallest absolute Gasteiger partial charge is 0.0788 e. The molecular formula is C10H7Br2IN2. The molecule has 0 aliphatic rings. The summed E-state index contributed by atoms with van der Waals surface area (Å²) < 4.78 is 4.05. The van der Waals surface area contributed by atoms with Gasteiger partial charge in [0.25, 0.3) is 0 Å². The van der Waals surface area contributed by atoms with Gasteiger partial charge in [-0.1, -0.05) is 22.0 Å². The Labute approximate surface area is 118 Å². The summed E-state index contributed by atoms with van der Waals surface area (Å²) in [4.78, 5) is 0. The van der Waals surface area contributed by atoms with Crippen molar-refractivity contribution < 1.29 is 0 Å². The van der Waals surface area contributed by atoms with Crippen molar-refractivity contribution in [3.8, 4) is 5.69 Å². The molecule has 5 heteroatoms. The number of nitrogens with zero attached hydrogens (tertiary/aromatic N) is 2. The highest BCUT2D eigenvalue weighted by Crippen LogP contribution is 2.23. The zero-order chi connectivity index (χ0) is 10.8. The zero-order valence-corrected chi connectivity index (χ0v) is 13.0. The summed E-state index contributed by atoms with van der Waals surface area (Å²) in [6, 6.07) is 6.24. The molecule has 2 nitrogen and oxygen atoms in total. The van der Waals surface area contributed by atoms with Gasteiger partial charge in [0.15, 0.2) is 0 Å². The summed E-state index contributed by atoms with van der Waals surface area (Å²) in [5, 5.41) is 5.13. The van der Waals surface area contributed by atoms with Crippen LogP contribution in [0.3, 0.4) is 0 Å². The average molecular weight is 442 g/mol. The van der Waals surface area contributed by atoms with Crippen LogP contribution >= 0.6 is 54.5 Å². The van der Waals surface area contributed by atoms with Crippen LogP contribution in [-0.2, 0) is 5.33 Å². The first kappa shape index (κ1) is 11.6. The van der Waals surface area contributed by atoms with Crippen molar-refractivity contribution in [1.29, 1.82) is 0 Å². The van der Waals surface area contributed by atoms with E-state index in [-0.39, 0.29) is 0 Å². The van der Waals surface area contributed by atoms with E-state index in [9.17, 15) is 0 Å². The number of aromatic nitrogens is 2. The maximum Gasteiger partial charge on any atom is 0.0788 e. The summed E-state index contributed by atoms with van der Waals surface area (Å²) in [7, 11) is 0. The fourth-order valence-electron chi connectivity index (χ4n) is 1.25. The lowest BCUT2D eigenvalue weighted by Crippen LogP contribution is -1.95. The first-order chi connectivity index (χ1) is 7.20. The number of hydrogen-bond acceptors (Lipinski definition) is 1. The van der Waals surface area contributed by atoms with Crippen molar-refractivity contribution in [2.24, 2.45) is 0 Å². The van der Waals surface area contributed by atoms with E-state index in [0.29, 0.717) is 0 Å². The molecule has 1 heterocycles. The van der Waals surface area contributed by atoms with Crippen molar-refractivity contribution in [3.05, 3.63) is 44.2 Å². The van der Waals surface area contributed by atoms with Crippen molar-refractivity contribution in [3.63, 3.8) is 0 Å². The molecule has 0 saturated carbocycles. The molecule has 1 aromatic carbocycles. The zero-order valence-electron chi connectivity index (χ0n) is 7.62. The molecule has 15 heavy (non-hydrogen) atoms. The van der Waals surface area contributed by atoms with Gasteiger partial charge in [-0.25, -0.2) is 4.68 Å².